The van der Waals surface area contributed by atoms with Crippen molar-refractivity contribution in [3.63, 3.8) is 0 Å². The van der Waals surface area contributed by atoms with Crippen molar-refractivity contribution < 1.29 is 0 Å². The summed E-state index contributed by atoms with van der Waals surface area (Å²) < 4.78 is 0. The molecule has 1 heterocycles. The van der Waals surface area contributed by atoms with Gasteiger partial charge in [0.05, 0.1) is 5.52 Å². The number of fused-ring (bicyclic) bond motifs is 1. The van der Waals surface area contributed by atoms with Crippen LogP contribution in [0.3, 0.4) is 0 Å². The molecule has 11 heavy (non-hydrogen) atoms. The van der Waals surface area contributed by atoms with E-state index in [0.29, 0.717) is 5.59 Å². The van der Waals surface area contributed by atoms with Crippen molar-refractivity contribution in [2.24, 2.45) is 0 Å². The van der Waals surface area contributed by atoms with E-state index in [-0.39, 0.29) is 0 Å². The molecule has 0 unspecified atom stereocenters. The summed E-state index contributed by atoms with van der Waals surface area (Å²) in [5, 5.41) is 1.13. The summed E-state index contributed by atoms with van der Waals surface area (Å²) in [6.07, 6.45) is 0. The molecule has 2 rings (SSSR count). The fraction of sp³-hybridized carbons (Fsp3) is 0. The third-order valence-electron chi connectivity index (χ3n) is 1.62. The van der Waals surface area contributed by atoms with E-state index in [1.165, 1.54) is 0 Å². The minimum Gasteiger partial charge on any atom is -0.264 e. The lowest BCUT2D eigenvalue weighted by Crippen LogP contribution is -2.06. The molecule has 0 fully saturated rings. The maximum atomic E-state index is 5.51. The number of benzene rings is 1. The second-order valence-corrected chi connectivity index (χ2v) is 2.43. The van der Waals surface area contributed by atoms with Crippen molar-refractivity contribution in [2.75, 3.05) is 0 Å². The summed E-state index contributed by atoms with van der Waals surface area (Å²) in [4.78, 5) is 4.15. The van der Waals surface area contributed by atoms with Gasteiger partial charge in [-0.25, -0.2) is 0 Å². The van der Waals surface area contributed by atoms with Crippen LogP contribution in [0.15, 0.2) is 36.4 Å². The molecule has 0 spiro atoms. The van der Waals surface area contributed by atoms with E-state index < -0.39 is 0 Å². The minimum absolute atomic E-state index is 0.573. The summed E-state index contributed by atoms with van der Waals surface area (Å²) in [7, 11) is 5.51. The van der Waals surface area contributed by atoms with Crippen LogP contribution >= 0.6 is 0 Å². The van der Waals surface area contributed by atoms with E-state index in [0.717, 1.165) is 10.9 Å². The Balaban J connectivity index is 2.83. The Morgan fingerprint density at radius 1 is 1.00 bits per heavy atom. The van der Waals surface area contributed by atoms with Crippen molar-refractivity contribution in [1.29, 1.82) is 0 Å². The van der Waals surface area contributed by atoms with Crippen molar-refractivity contribution in [3.05, 3.63) is 36.4 Å². The third kappa shape index (κ3) is 1.12. The largest absolute Gasteiger partial charge is 0.264 e. The molecule has 0 saturated carbocycles. The SMILES string of the molecule is [B]c1ccc2ccccc2n1. The molecule has 0 amide bonds. The fourth-order valence-corrected chi connectivity index (χ4v) is 1.08. The maximum Gasteiger partial charge on any atom is 0.141 e. The van der Waals surface area contributed by atoms with Crippen molar-refractivity contribution in [3.8, 4) is 0 Å². The van der Waals surface area contributed by atoms with Gasteiger partial charge in [0.15, 0.2) is 0 Å². The van der Waals surface area contributed by atoms with E-state index in [9.17, 15) is 0 Å². The highest BCUT2D eigenvalue weighted by molar-refractivity contribution is 6.31. The Labute approximate surface area is 66.5 Å². The Kier molecular flexibility index (Phi) is 1.39. The molecule has 2 radical (unpaired) electrons. The van der Waals surface area contributed by atoms with Crippen LogP contribution in [0.5, 0.6) is 0 Å². The zero-order valence-corrected chi connectivity index (χ0v) is 5.99. The highest BCUT2D eigenvalue weighted by atomic mass is 14.7. The zero-order valence-electron chi connectivity index (χ0n) is 5.99. The molecule has 0 N–H and O–H groups in total. The van der Waals surface area contributed by atoms with Crippen molar-refractivity contribution in [1.82, 2.24) is 4.98 Å². The van der Waals surface area contributed by atoms with Crippen LogP contribution < -0.4 is 5.59 Å². The molecule has 1 aromatic carbocycles. The highest BCUT2D eigenvalue weighted by Gasteiger charge is 1.90. The van der Waals surface area contributed by atoms with E-state index in [2.05, 4.69) is 4.98 Å². The van der Waals surface area contributed by atoms with Gasteiger partial charge in [0.2, 0.25) is 0 Å². The van der Waals surface area contributed by atoms with Gasteiger partial charge in [-0.3, -0.25) is 4.98 Å². The maximum absolute atomic E-state index is 5.51. The Morgan fingerprint density at radius 3 is 2.73 bits per heavy atom. The smallest absolute Gasteiger partial charge is 0.141 e. The average molecular weight is 139 g/mol. The van der Waals surface area contributed by atoms with E-state index in [1.54, 1.807) is 0 Å². The first-order chi connectivity index (χ1) is 5.36. The number of para-hydroxylation sites is 1. The number of nitrogens with zero attached hydrogens (tertiary/aromatic N) is 1. The summed E-state index contributed by atoms with van der Waals surface area (Å²) in [6, 6.07) is 11.7. The topological polar surface area (TPSA) is 12.9 Å². The number of aromatic nitrogens is 1. The van der Waals surface area contributed by atoms with Crippen LogP contribution in [0.1, 0.15) is 0 Å². The molecular weight excluding hydrogens is 133 g/mol. The fourth-order valence-electron chi connectivity index (χ4n) is 1.08. The van der Waals surface area contributed by atoms with Gasteiger partial charge in [-0.1, -0.05) is 30.3 Å². The predicted octanol–water partition coefficient (Wildman–Crippen LogP) is 1.03. The predicted molar refractivity (Wildman–Crippen MR) is 47.1 cm³/mol. The van der Waals surface area contributed by atoms with Crippen LogP contribution in [-0.2, 0) is 0 Å². The highest BCUT2D eigenvalue weighted by Crippen LogP contribution is 2.07. The van der Waals surface area contributed by atoms with Crippen LogP contribution in [-0.4, -0.2) is 12.8 Å². The molecule has 50 valence electrons. The Morgan fingerprint density at radius 2 is 1.82 bits per heavy atom. The molecule has 2 heteroatoms. The number of pyridine rings is 1. The molecule has 0 aliphatic rings. The number of hydrogen-bond acceptors (Lipinski definition) is 1. The van der Waals surface area contributed by atoms with Gasteiger partial charge in [0.25, 0.3) is 0 Å². The molecule has 0 saturated heterocycles. The lowest BCUT2D eigenvalue weighted by molar-refractivity contribution is 1.48. The Hall–Kier alpha value is -1.31. The summed E-state index contributed by atoms with van der Waals surface area (Å²) in [5.74, 6) is 0. The number of rotatable bonds is 0. The van der Waals surface area contributed by atoms with E-state index >= 15 is 0 Å². The Bertz CT molecular complexity index is 384. The van der Waals surface area contributed by atoms with Crippen LogP contribution in [0.25, 0.3) is 10.9 Å². The van der Waals surface area contributed by atoms with E-state index in [4.69, 9.17) is 7.85 Å². The molecule has 0 bridgehead atoms. The quantitative estimate of drug-likeness (QED) is 0.496. The van der Waals surface area contributed by atoms with Gasteiger partial charge in [-0.15, -0.1) is 0 Å². The molecular formula is C9H6BN. The van der Waals surface area contributed by atoms with Gasteiger partial charge in [-0.05, 0) is 11.7 Å². The van der Waals surface area contributed by atoms with Gasteiger partial charge in [-0.2, -0.15) is 0 Å². The van der Waals surface area contributed by atoms with Gasteiger partial charge >= 0.3 is 0 Å². The third-order valence-corrected chi connectivity index (χ3v) is 1.62. The van der Waals surface area contributed by atoms with Gasteiger partial charge in [0.1, 0.15) is 7.85 Å². The summed E-state index contributed by atoms with van der Waals surface area (Å²) in [5.41, 5.74) is 1.52. The van der Waals surface area contributed by atoms with Crippen LogP contribution in [0.4, 0.5) is 0 Å². The van der Waals surface area contributed by atoms with Crippen LogP contribution in [0.2, 0.25) is 0 Å². The van der Waals surface area contributed by atoms with Crippen molar-refractivity contribution in [2.45, 2.75) is 0 Å². The second-order valence-electron chi connectivity index (χ2n) is 2.43. The molecule has 1 nitrogen and oxygen atoms in total. The van der Waals surface area contributed by atoms with Gasteiger partial charge in [0, 0.05) is 5.39 Å². The molecule has 1 aromatic heterocycles. The second kappa shape index (κ2) is 2.38. The molecule has 0 aliphatic heterocycles. The lowest BCUT2D eigenvalue weighted by Gasteiger charge is -1.96. The lowest BCUT2D eigenvalue weighted by atomic mass is 10.0. The minimum atomic E-state index is 0.573. The summed E-state index contributed by atoms with van der Waals surface area (Å²) >= 11 is 0. The average Bonchev–Trinajstić information content (AvgIpc) is 2.04. The first kappa shape index (κ1) is 6.41. The summed E-state index contributed by atoms with van der Waals surface area (Å²) in [6.45, 7) is 0. The van der Waals surface area contributed by atoms with E-state index in [1.807, 2.05) is 36.4 Å². The van der Waals surface area contributed by atoms with Crippen molar-refractivity contribution >= 4 is 24.3 Å². The first-order valence-corrected chi connectivity index (χ1v) is 3.47. The monoisotopic (exact) mass is 139 g/mol. The zero-order chi connectivity index (χ0) is 7.68. The van der Waals surface area contributed by atoms with Crippen LogP contribution in [0, 0.1) is 0 Å². The molecule has 0 aliphatic carbocycles. The molecule has 2 aromatic rings. The van der Waals surface area contributed by atoms with Gasteiger partial charge < -0.3 is 0 Å². The normalized spacial score (nSPS) is 10.2. The standard InChI is InChI=1S/C9H6BN/c10-9-6-5-7-3-1-2-4-8(7)11-9/h1-6H. The molecule has 0 atom stereocenters. The first-order valence-electron chi connectivity index (χ1n) is 3.47. The number of hydrogen-bond donors (Lipinski definition) is 0.